The molecule has 1 amide bonds. The highest BCUT2D eigenvalue weighted by atomic mass is 16.7. The number of amides is 1. The van der Waals surface area contributed by atoms with Crippen LogP contribution in [-0.2, 0) is 0 Å². The van der Waals surface area contributed by atoms with Crippen LogP contribution in [0.3, 0.4) is 0 Å². The number of rotatable bonds is 4. The molecule has 3 aromatic rings. The van der Waals surface area contributed by atoms with E-state index in [-0.39, 0.29) is 29.3 Å². The maximum absolute atomic E-state index is 12.4. The molecule has 1 aromatic heterocycles. The summed E-state index contributed by atoms with van der Waals surface area (Å²) in [4.78, 5) is 23.8. The Balaban J connectivity index is 1.57. The van der Waals surface area contributed by atoms with Gasteiger partial charge in [-0.05, 0) is 36.4 Å². The number of ether oxygens (including phenoxy) is 2. The molecular formula is C19H11N3O6. The molecular weight excluding hydrogens is 366 g/mol. The van der Waals surface area contributed by atoms with Crippen molar-refractivity contribution in [2.24, 2.45) is 0 Å². The molecule has 1 aliphatic rings. The lowest BCUT2D eigenvalue weighted by atomic mass is 10.1. The third kappa shape index (κ3) is 3.10. The topological polar surface area (TPSA) is 135 Å². The van der Waals surface area contributed by atoms with Crippen LogP contribution in [0.2, 0.25) is 0 Å². The van der Waals surface area contributed by atoms with E-state index in [1.165, 1.54) is 24.3 Å². The summed E-state index contributed by atoms with van der Waals surface area (Å²) < 4.78 is 15.8. The molecule has 0 saturated heterocycles. The van der Waals surface area contributed by atoms with Gasteiger partial charge in [0.15, 0.2) is 23.0 Å². The minimum Gasteiger partial charge on any atom is -0.478 e. The van der Waals surface area contributed by atoms with Crippen molar-refractivity contribution in [3.63, 3.8) is 0 Å². The molecule has 138 valence electrons. The number of hydrogen-bond acceptors (Lipinski definition) is 7. The standard InChI is InChI=1S/C19H11N3O6/c20-8-10-1-3-13(12(5-10)19(24)25)21-18(23)14-7-16(28-22-14)11-2-4-15-17(6-11)27-9-26-15/h1-7H,9H2,(H,21,23)(H,24,25). The van der Waals surface area contributed by atoms with E-state index >= 15 is 0 Å². The minimum atomic E-state index is -1.27. The van der Waals surface area contributed by atoms with Gasteiger partial charge in [0.05, 0.1) is 22.9 Å². The van der Waals surface area contributed by atoms with Gasteiger partial charge in [-0.3, -0.25) is 4.79 Å². The third-order valence-electron chi connectivity index (χ3n) is 4.03. The van der Waals surface area contributed by atoms with Gasteiger partial charge < -0.3 is 24.4 Å². The average molecular weight is 377 g/mol. The van der Waals surface area contributed by atoms with Crippen LogP contribution in [0.4, 0.5) is 5.69 Å². The van der Waals surface area contributed by atoms with Crippen molar-refractivity contribution >= 4 is 17.6 Å². The molecule has 2 aromatic carbocycles. The summed E-state index contributed by atoms with van der Waals surface area (Å²) >= 11 is 0. The molecule has 0 atom stereocenters. The van der Waals surface area contributed by atoms with E-state index in [2.05, 4.69) is 10.5 Å². The van der Waals surface area contributed by atoms with Crippen molar-refractivity contribution in [2.75, 3.05) is 12.1 Å². The second-order valence-corrected chi connectivity index (χ2v) is 5.78. The molecule has 2 N–H and O–H groups in total. The van der Waals surface area contributed by atoms with Gasteiger partial charge in [-0.15, -0.1) is 0 Å². The fourth-order valence-corrected chi connectivity index (χ4v) is 2.65. The van der Waals surface area contributed by atoms with Crippen LogP contribution in [0.1, 0.15) is 26.4 Å². The molecule has 4 rings (SSSR count). The van der Waals surface area contributed by atoms with Crippen molar-refractivity contribution in [3.05, 3.63) is 59.3 Å². The van der Waals surface area contributed by atoms with Crippen molar-refractivity contribution in [1.82, 2.24) is 5.16 Å². The van der Waals surface area contributed by atoms with Crippen molar-refractivity contribution in [3.8, 4) is 28.9 Å². The van der Waals surface area contributed by atoms with E-state index in [1.54, 1.807) is 18.2 Å². The molecule has 0 saturated carbocycles. The molecule has 0 spiro atoms. The van der Waals surface area contributed by atoms with Gasteiger partial charge in [0.25, 0.3) is 5.91 Å². The Kier molecular flexibility index (Phi) is 4.14. The number of carboxylic acids is 1. The first kappa shape index (κ1) is 17.1. The Morgan fingerprint density at radius 3 is 2.71 bits per heavy atom. The lowest BCUT2D eigenvalue weighted by molar-refractivity contribution is 0.0698. The molecule has 9 heteroatoms. The van der Waals surface area contributed by atoms with Gasteiger partial charge in [-0.2, -0.15) is 5.26 Å². The summed E-state index contributed by atoms with van der Waals surface area (Å²) in [6, 6.07) is 12.4. The highest BCUT2D eigenvalue weighted by Crippen LogP contribution is 2.36. The smallest absolute Gasteiger partial charge is 0.337 e. The SMILES string of the molecule is N#Cc1ccc(NC(=O)c2cc(-c3ccc4c(c3)OCO4)on2)c(C(=O)O)c1. The van der Waals surface area contributed by atoms with Crippen LogP contribution < -0.4 is 14.8 Å². The molecule has 0 fully saturated rings. The van der Waals surface area contributed by atoms with Gasteiger partial charge in [-0.1, -0.05) is 5.16 Å². The fourth-order valence-electron chi connectivity index (χ4n) is 2.65. The van der Waals surface area contributed by atoms with Crippen LogP contribution in [0, 0.1) is 11.3 Å². The van der Waals surface area contributed by atoms with Crippen LogP contribution in [0.5, 0.6) is 11.5 Å². The maximum Gasteiger partial charge on any atom is 0.337 e. The zero-order valence-corrected chi connectivity index (χ0v) is 14.1. The van der Waals surface area contributed by atoms with Crippen molar-refractivity contribution in [1.29, 1.82) is 5.26 Å². The number of aromatic nitrogens is 1. The molecule has 9 nitrogen and oxygen atoms in total. The van der Waals surface area contributed by atoms with Crippen LogP contribution in [0.25, 0.3) is 11.3 Å². The summed E-state index contributed by atoms with van der Waals surface area (Å²) in [6.07, 6.45) is 0. The second-order valence-electron chi connectivity index (χ2n) is 5.78. The first-order valence-electron chi connectivity index (χ1n) is 8.00. The maximum atomic E-state index is 12.4. The lowest BCUT2D eigenvalue weighted by Crippen LogP contribution is -2.15. The Labute approximate surface area is 157 Å². The summed E-state index contributed by atoms with van der Waals surface area (Å²) in [6.45, 7) is 0.138. The molecule has 0 radical (unpaired) electrons. The van der Waals surface area contributed by atoms with Crippen molar-refractivity contribution in [2.45, 2.75) is 0 Å². The molecule has 0 aliphatic carbocycles. The number of hydrogen-bond donors (Lipinski definition) is 2. The van der Waals surface area contributed by atoms with Gasteiger partial charge >= 0.3 is 5.97 Å². The second kappa shape index (κ2) is 6.77. The van der Waals surface area contributed by atoms with E-state index in [9.17, 15) is 14.7 Å². The first-order chi connectivity index (χ1) is 13.5. The Bertz CT molecular complexity index is 1140. The number of aromatic carboxylic acids is 1. The Morgan fingerprint density at radius 1 is 1.11 bits per heavy atom. The van der Waals surface area contributed by atoms with Gasteiger partial charge in [0, 0.05) is 11.6 Å². The first-order valence-corrected chi connectivity index (χ1v) is 8.00. The summed E-state index contributed by atoms with van der Waals surface area (Å²) in [7, 11) is 0. The monoisotopic (exact) mass is 377 g/mol. The number of anilines is 1. The molecule has 2 heterocycles. The summed E-state index contributed by atoms with van der Waals surface area (Å²) in [5.41, 5.74) is 0.617. The molecule has 1 aliphatic heterocycles. The highest BCUT2D eigenvalue weighted by molar-refractivity contribution is 6.07. The number of carboxylic acid groups (broad SMARTS) is 1. The zero-order chi connectivity index (χ0) is 19.7. The number of fused-ring (bicyclic) bond motifs is 1. The largest absolute Gasteiger partial charge is 0.478 e. The molecule has 0 unspecified atom stereocenters. The average Bonchev–Trinajstić information content (AvgIpc) is 3.37. The van der Waals surface area contributed by atoms with E-state index in [0.29, 0.717) is 22.8 Å². The van der Waals surface area contributed by atoms with Crippen molar-refractivity contribution < 1.29 is 28.7 Å². The summed E-state index contributed by atoms with van der Waals surface area (Å²) in [5, 5.41) is 24.4. The van der Waals surface area contributed by atoms with E-state index in [1.807, 2.05) is 6.07 Å². The molecule has 0 bridgehead atoms. The van der Waals surface area contributed by atoms with Crippen LogP contribution in [-0.4, -0.2) is 28.9 Å². The predicted molar refractivity (Wildman–Crippen MR) is 94.1 cm³/mol. The van der Waals surface area contributed by atoms with Gasteiger partial charge in [-0.25, -0.2) is 4.79 Å². The quantitative estimate of drug-likeness (QED) is 0.708. The zero-order valence-electron chi connectivity index (χ0n) is 14.1. The minimum absolute atomic E-state index is 0.0339. The van der Waals surface area contributed by atoms with E-state index in [4.69, 9.17) is 19.3 Å². The number of nitriles is 1. The predicted octanol–water partition coefficient (Wildman–Crippen LogP) is 2.89. The summed E-state index contributed by atoms with van der Waals surface area (Å²) in [5.74, 6) is -0.412. The lowest BCUT2D eigenvalue weighted by Gasteiger charge is -2.07. The third-order valence-corrected chi connectivity index (χ3v) is 4.03. The number of nitrogens with one attached hydrogen (secondary N) is 1. The molecule has 28 heavy (non-hydrogen) atoms. The Morgan fingerprint density at radius 2 is 1.93 bits per heavy atom. The van der Waals surface area contributed by atoms with Gasteiger partial charge in [0.2, 0.25) is 6.79 Å². The normalized spacial score (nSPS) is 11.7. The van der Waals surface area contributed by atoms with E-state index in [0.717, 1.165) is 0 Å². The van der Waals surface area contributed by atoms with Crippen LogP contribution >= 0.6 is 0 Å². The number of carbonyl (C=O) groups excluding carboxylic acids is 1. The number of carbonyl (C=O) groups is 2. The fraction of sp³-hybridized carbons (Fsp3) is 0.0526. The van der Waals surface area contributed by atoms with E-state index < -0.39 is 11.9 Å². The van der Waals surface area contributed by atoms with Gasteiger partial charge in [0.1, 0.15) is 0 Å². The van der Waals surface area contributed by atoms with Crippen LogP contribution in [0.15, 0.2) is 47.0 Å². The Hall–Kier alpha value is -4.32. The number of benzene rings is 2. The number of nitrogens with zero attached hydrogens (tertiary/aromatic N) is 2. The highest BCUT2D eigenvalue weighted by Gasteiger charge is 2.20.